The van der Waals surface area contributed by atoms with Crippen molar-refractivity contribution in [2.45, 2.75) is 13.5 Å². The topological polar surface area (TPSA) is 112 Å². The molecule has 0 saturated heterocycles. The summed E-state index contributed by atoms with van der Waals surface area (Å²) in [6.07, 6.45) is 5.25. The van der Waals surface area contributed by atoms with Gasteiger partial charge < -0.3 is 19.6 Å². The second-order valence-electron chi connectivity index (χ2n) is 7.10. The van der Waals surface area contributed by atoms with Gasteiger partial charge in [0.25, 0.3) is 0 Å². The Morgan fingerprint density at radius 3 is 2.83 bits per heavy atom. The van der Waals surface area contributed by atoms with Gasteiger partial charge in [-0.25, -0.2) is 14.8 Å². The fourth-order valence-electron chi connectivity index (χ4n) is 3.17. The van der Waals surface area contributed by atoms with E-state index < -0.39 is 0 Å². The molecule has 0 saturated carbocycles. The second kappa shape index (κ2) is 8.34. The third kappa shape index (κ3) is 4.15. The van der Waals surface area contributed by atoms with Crippen LogP contribution in [0.4, 0.5) is 10.7 Å². The van der Waals surface area contributed by atoms with E-state index in [4.69, 9.17) is 4.42 Å². The van der Waals surface area contributed by atoms with Crippen LogP contribution in [0.25, 0.3) is 33.6 Å². The molecule has 0 atom stereocenters. The minimum Gasteiger partial charge on any atom is -0.440 e. The van der Waals surface area contributed by atoms with Crippen molar-refractivity contribution in [2.75, 3.05) is 26.0 Å². The van der Waals surface area contributed by atoms with Crippen LogP contribution in [-0.4, -0.2) is 51.5 Å². The maximum atomic E-state index is 11.9. The molecule has 0 spiro atoms. The highest BCUT2D eigenvalue weighted by Gasteiger charge is 2.17. The highest BCUT2D eigenvalue weighted by Crippen LogP contribution is 2.33. The van der Waals surface area contributed by atoms with Crippen LogP contribution in [-0.2, 0) is 6.54 Å². The molecular formula is C21H23N7O2. The molecule has 1 aromatic carbocycles. The molecule has 0 unspecified atom stereocenters. The molecule has 2 amide bonds. The van der Waals surface area contributed by atoms with E-state index >= 15 is 0 Å². The molecule has 0 aliphatic rings. The van der Waals surface area contributed by atoms with Crippen LogP contribution in [0, 0.1) is 0 Å². The number of hydrogen-bond acceptors (Lipinski definition) is 6. The van der Waals surface area contributed by atoms with Gasteiger partial charge in [0, 0.05) is 24.5 Å². The molecule has 3 aromatic heterocycles. The molecule has 9 heteroatoms. The molecule has 0 radical (unpaired) electrons. The lowest BCUT2D eigenvalue weighted by atomic mass is 10.0. The predicted molar refractivity (Wildman–Crippen MR) is 115 cm³/mol. The number of nitrogens with zero attached hydrogens (tertiary/aromatic N) is 4. The summed E-state index contributed by atoms with van der Waals surface area (Å²) in [5.74, 6) is 1.57. The number of hydrogen-bond donors (Lipinski definition) is 3. The highest BCUT2D eigenvalue weighted by atomic mass is 16.4. The van der Waals surface area contributed by atoms with Gasteiger partial charge in [-0.1, -0.05) is 6.07 Å². The lowest BCUT2D eigenvalue weighted by molar-refractivity contribution is 0.252. The lowest BCUT2D eigenvalue weighted by Crippen LogP contribution is -2.28. The molecule has 3 heterocycles. The molecule has 0 fully saturated rings. The van der Waals surface area contributed by atoms with Gasteiger partial charge in [-0.2, -0.15) is 0 Å². The van der Waals surface area contributed by atoms with E-state index in [1.165, 1.54) is 0 Å². The number of anilines is 1. The van der Waals surface area contributed by atoms with E-state index in [1.807, 2.05) is 50.2 Å². The minimum absolute atomic E-state index is 0.324. The molecule has 9 nitrogen and oxygen atoms in total. The average Bonchev–Trinajstić information content (AvgIpc) is 3.34. The van der Waals surface area contributed by atoms with Crippen LogP contribution in [0.15, 0.2) is 47.3 Å². The number of H-pyrrole nitrogens is 1. The summed E-state index contributed by atoms with van der Waals surface area (Å²) in [6, 6.07) is 7.48. The van der Waals surface area contributed by atoms with Crippen molar-refractivity contribution in [3.8, 4) is 22.6 Å². The fourth-order valence-corrected chi connectivity index (χ4v) is 3.17. The molecule has 30 heavy (non-hydrogen) atoms. The maximum Gasteiger partial charge on any atom is 0.321 e. The fraction of sp³-hybridized carbons (Fsp3) is 0.238. The minimum atomic E-state index is -0.324. The van der Waals surface area contributed by atoms with Crippen molar-refractivity contribution in [1.29, 1.82) is 0 Å². The van der Waals surface area contributed by atoms with Crippen molar-refractivity contribution in [3.63, 3.8) is 0 Å². The van der Waals surface area contributed by atoms with Crippen molar-refractivity contribution >= 4 is 23.0 Å². The molecule has 0 aliphatic carbocycles. The van der Waals surface area contributed by atoms with Crippen LogP contribution >= 0.6 is 0 Å². The van der Waals surface area contributed by atoms with Gasteiger partial charge in [-0.05, 0) is 44.8 Å². The zero-order valence-corrected chi connectivity index (χ0v) is 17.1. The number of imidazole rings is 1. The van der Waals surface area contributed by atoms with Gasteiger partial charge in [0.15, 0.2) is 0 Å². The third-order valence-corrected chi connectivity index (χ3v) is 4.41. The number of nitrogens with one attached hydrogen (secondary N) is 3. The maximum absolute atomic E-state index is 11.9. The van der Waals surface area contributed by atoms with E-state index in [9.17, 15) is 4.79 Å². The Labute approximate surface area is 173 Å². The number of aromatic nitrogens is 4. The smallest absolute Gasteiger partial charge is 0.321 e. The Kier molecular flexibility index (Phi) is 5.44. The van der Waals surface area contributed by atoms with Crippen LogP contribution < -0.4 is 10.6 Å². The van der Waals surface area contributed by atoms with E-state index in [0.717, 1.165) is 28.0 Å². The zero-order valence-electron chi connectivity index (χ0n) is 17.1. The van der Waals surface area contributed by atoms with Crippen LogP contribution in [0.1, 0.15) is 12.7 Å². The lowest BCUT2D eigenvalue weighted by Gasteiger charge is -2.06. The number of fused-ring (bicyclic) bond motifs is 1. The van der Waals surface area contributed by atoms with Crippen molar-refractivity contribution in [3.05, 3.63) is 48.6 Å². The Balaban J connectivity index is 1.82. The summed E-state index contributed by atoms with van der Waals surface area (Å²) in [7, 11) is 3.94. The Hall–Kier alpha value is -3.72. The number of oxazole rings is 1. The number of aromatic amines is 1. The van der Waals surface area contributed by atoms with Gasteiger partial charge in [0.2, 0.25) is 11.8 Å². The number of urea groups is 1. The van der Waals surface area contributed by atoms with Gasteiger partial charge >= 0.3 is 6.03 Å². The molecule has 0 bridgehead atoms. The third-order valence-electron chi connectivity index (χ3n) is 4.41. The Morgan fingerprint density at radius 1 is 1.23 bits per heavy atom. The number of rotatable bonds is 6. The Bertz CT molecular complexity index is 1160. The largest absolute Gasteiger partial charge is 0.440 e. The Morgan fingerprint density at radius 2 is 2.10 bits per heavy atom. The summed E-state index contributed by atoms with van der Waals surface area (Å²) < 4.78 is 5.99. The summed E-state index contributed by atoms with van der Waals surface area (Å²) in [5.41, 5.74) is 4.04. The van der Waals surface area contributed by atoms with E-state index in [1.54, 1.807) is 18.6 Å². The standard InChI is InChI=1S/C21H23N7O2/c1-4-23-21(29)27-20-25-17-9-14(13-6-5-7-22-10-13)8-16(18(17)26-20)19-24-11-15(30-19)12-28(2)3/h5-11H,4,12H2,1-3H3,(H3,23,25,26,27,29). The highest BCUT2D eigenvalue weighted by molar-refractivity contribution is 5.97. The van der Waals surface area contributed by atoms with Crippen molar-refractivity contribution in [2.24, 2.45) is 0 Å². The van der Waals surface area contributed by atoms with Crippen LogP contribution in [0.3, 0.4) is 0 Å². The number of carbonyl (C=O) groups is 1. The second-order valence-corrected chi connectivity index (χ2v) is 7.10. The molecule has 154 valence electrons. The zero-order chi connectivity index (χ0) is 21.1. The van der Waals surface area contributed by atoms with Crippen LogP contribution in [0.5, 0.6) is 0 Å². The first kappa shape index (κ1) is 19.6. The molecule has 0 aliphatic heterocycles. The first-order valence-corrected chi connectivity index (χ1v) is 9.62. The van der Waals surface area contributed by atoms with E-state index in [2.05, 4.69) is 30.6 Å². The van der Waals surface area contributed by atoms with Crippen molar-refractivity contribution in [1.82, 2.24) is 30.2 Å². The quantitative estimate of drug-likeness (QED) is 0.453. The van der Waals surface area contributed by atoms with Gasteiger partial charge in [0.1, 0.15) is 11.3 Å². The van der Waals surface area contributed by atoms with Gasteiger partial charge in [-0.3, -0.25) is 10.3 Å². The van der Waals surface area contributed by atoms with E-state index in [-0.39, 0.29) is 6.03 Å². The molecular weight excluding hydrogens is 382 g/mol. The number of amides is 2. The SMILES string of the molecule is CCNC(=O)Nc1nc2c(-c3ncc(CN(C)C)o3)cc(-c3cccnc3)cc2[nH]1. The number of carbonyl (C=O) groups excluding carboxylic acids is 1. The van der Waals surface area contributed by atoms with Crippen LogP contribution in [0.2, 0.25) is 0 Å². The monoisotopic (exact) mass is 405 g/mol. The summed E-state index contributed by atoms with van der Waals surface area (Å²) >= 11 is 0. The first-order chi connectivity index (χ1) is 14.5. The van der Waals surface area contributed by atoms with E-state index in [0.29, 0.717) is 30.4 Å². The average molecular weight is 405 g/mol. The summed E-state index contributed by atoms with van der Waals surface area (Å²) in [5, 5.41) is 5.40. The van der Waals surface area contributed by atoms with Gasteiger partial charge in [0.05, 0.1) is 23.8 Å². The summed E-state index contributed by atoms with van der Waals surface area (Å²) in [6.45, 7) is 3.01. The number of pyridine rings is 1. The molecule has 3 N–H and O–H groups in total. The molecule has 4 aromatic rings. The first-order valence-electron chi connectivity index (χ1n) is 9.62. The normalized spacial score (nSPS) is 11.2. The summed E-state index contributed by atoms with van der Waals surface area (Å²) in [4.78, 5) is 30.3. The van der Waals surface area contributed by atoms with Crippen molar-refractivity contribution < 1.29 is 9.21 Å². The predicted octanol–water partition coefficient (Wildman–Crippen LogP) is 3.48. The van der Waals surface area contributed by atoms with Gasteiger partial charge in [-0.15, -0.1) is 0 Å². The molecule has 4 rings (SSSR count). The number of benzene rings is 1.